The van der Waals surface area contributed by atoms with E-state index in [9.17, 15) is 0 Å². The van der Waals surface area contributed by atoms with Gasteiger partial charge in [-0.25, -0.2) is 0 Å². The second-order valence-corrected chi connectivity index (χ2v) is 9.06. The van der Waals surface area contributed by atoms with Gasteiger partial charge in [-0.15, -0.1) is 0 Å². The summed E-state index contributed by atoms with van der Waals surface area (Å²) in [6, 6.07) is 0. The summed E-state index contributed by atoms with van der Waals surface area (Å²) in [4.78, 5) is 0. The van der Waals surface area contributed by atoms with Crippen LogP contribution in [0.15, 0.2) is 0 Å². The molecule has 5 aliphatic rings. The van der Waals surface area contributed by atoms with Crippen LogP contribution in [0.2, 0.25) is 0 Å². The lowest BCUT2D eigenvalue weighted by Crippen LogP contribution is -2.76. The number of rotatable bonds is 0. The van der Waals surface area contributed by atoms with Crippen LogP contribution in [0.1, 0.15) is 78.1 Å². The fourth-order valence-electron chi connectivity index (χ4n) is 5.81. The van der Waals surface area contributed by atoms with Crippen molar-refractivity contribution in [2.24, 2.45) is 11.8 Å². The smallest absolute Gasteiger partial charge is 0.224 e. The first kappa shape index (κ1) is 16.0. The maximum Gasteiger partial charge on any atom is 0.224 e. The number of ether oxygens (including phenoxy) is 4. The number of hydrogen-bond acceptors (Lipinski definition) is 4. The quantitative estimate of drug-likeness (QED) is 0.665. The summed E-state index contributed by atoms with van der Waals surface area (Å²) in [5.41, 5.74) is 0. The predicted molar refractivity (Wildman–Crippen MR) is 89.5 cm³/mol. The van der Waals surface area contributed by atoms with Crippen molar-refractivity contribution in [1.29, 1.82) is 0 Å². The molecular weight excluding hydrogens is 304 g/mol. The zero-order chi connectivity index (χ0) is 16.4. The van der Waals surface area contributed by atoms with Crippen LogP contribution < -0.4 is 0 Å². The molecule has 0 bridgehead atoms. The van der Waals surface area contributed by atoms with E-state index >= 15 is 0 Å². The first-order valence-corrected chi connectivity index (χ1v) is 10.3. The minimum atomic E-state index is -0.671. The SMILES string of the molecule is C[C@H]1CC23O[C@@H]4CCCC[C@H]4OC2(C[C@@H]1C)O[C@@H]1CCCC[C@H]1O3. The van der Waals surface area contributed by atoms with Crippen LogP contribution in [-0.2, 0) is 18.9 Å². The largest absolute Gasteiger partial charge is 0.339 e. The van der Waals surface area contributed by atoms with Gasteiger partial charge in [0.15, 0.2) is 0 Å². The van der Waals surface area contributed by atoms with Crippen molar-refractivity contribution in [2.75, 3.05) is 0 Å². The summed E-state index contributed by atoms with van der Waals surface area (Å²) in [5, 5.41) is 0. The zero-order valence-corrected chi connectivity index (χ0v) is 15.2. The van der Waals surface area contributed by atoms with Gasteiger partial charge in [0, 0.05) is 12.8 Å². The van der Waals surface area contributed by atoms with Crippen molar-refractivity contribution >= 4 is 0 Å². The van der Waals surface area contributed by atoms with Gasteiger partial charge in [-0.3, -0.25) is 0 Å². The Morgan fingerprint density at radius 3 is 1.12 bits per heavy atom. The lowest BCUT2D eigenvalue weighted by atomic mass is 9.71. The van der Waals surface area contributed by atoms with E-state index in [1.54, 1.807) is 0 Å². The molecular formula is C20H32O4. The summed E-state index contributed by atoms with van der Waals surface area (Å²) in [6.07, 6.45) is 11.9. The van der Waals surface area contributed by atoms with Crippen molar-refractivity contribution in [3.8, 4) is 0 Å². The third kappa shape index (κ3) is 2.26. The molecule has 0 N–H and O–H groups in total. The first-order chi connectivity index (χ1) is 11.6. The highest BCUT2D eigenvalue weighted by molar-refractivity contribution is 5.06. The van der Waals surface area contributed by atoms with Gasteiger partial charge >= 0.3 is 0 Å². The van der Waals surface area contributed by atoms with Gasteiger partial charge in [0.05, 0.1) is 24.4 Å². The van der Waals surface area contributed by atoms with Crippen LogP contribution in [0.25, 0.3) is 0 Å². The van der Waals surface area contributed by atoms with Crippen LogP contribution in [0.5, 0.6) is 0 Å². The van der Waals surface area contributed by atoms with E-state index in [0.717, 1.165) is 38.5 Å². The molecule has 5 rings (SSSR count). The summed E-state index contributed by atoms with van der Waals surface area (Å²) in [6.45, 7) is 4.66. The van der Waals surface area contributed by atoms with Crippen LogP contribution in [0.4, 0.5) is 0 Å². The second kappa shape index (κ2) is 5.67. The highest BCUT2D eigenvalue weighted by atomic mass is 16.8. The van der Waals surface area contributed by atoms with Crippen LogP contribution in [-0.4, -0.2) is 36.0 Å². The molecule has 4 heteroatoms. The Bertz CT molecular complexity index is 420. The molecule has 4 nitrogen and oxygen atoms in total. The minimum Gasteiger partial charge on any atom is -0.339 e. The minimum absolute atomic E-state index is 0.191. The monoisotopic (exact) mass is 336 g/mol. The summed E-state index contributed by atoms with van der Waals surface area (Å²) < 4.78 is 27.1. The standard InChI is InChI=1S/C20H32O4/c1-13-11-19-20(12-14(13)2,23-17-9-5-3-7-15(17)21-19)24-18-10-6-4-8-16(18)22-19/h13-18H,3-12H2,1-2H3/t13-,14-,15+,16+,17+,18+,19?,20?/m0/s1. The highest BCUT2D eigenvalue weighted by Crippen LogP contribution is 2.58. The molecule has 6 atom stereocenters. The molecule has 3 aliphatic carbocycles. The molecule has 0 spiro atoms. The molecule has 0 aromatic heterocycles. The maximum absolute atomic E-state index is 6.77. The van der Waals surface area contributed by atoms with Crippen molar-refractivity contribution in [2.45, 2.75) is 114 Å². The molecule has 0 aromatic carbocycles. The van der Waals surface area contributed by atoms with E-state index in [1.165, 1.54) is 25.7 Å². The Hall–Kier alpha value is -0.160. The average molecular weight is 336 g/mol. The third-order valence-electron chi connectivity index (χ3n) is 7.38. The molecule has 2 aliphatic heterocycles. The zero-order valence-electron chi connectivity index (χ0n) is 15.2. The number of hydrogen-bond donors (Lipinski definition) is 0. The Labute approximate surface area is 145 Å². The molecule has 136 valence electrons. The van der Waals surface area contributed by atoms with Gasteiger partial charge in [0.1, 0.15) is 0 Å². The molecule has 24 heavy (non-hydrogen) atoms. The van der Waals surface area contributed by atoms with Crippen molar-refractivity contribution in [1.82, 2.24) is 0 Å². The van der Waals surface area contributed by atoms with Gasteiger partial charge in [0.2, 0.25) is 11.6 Å². The summed E-state index contributed by atoms with van der Waals surface area (Å²) in [7, 11) is 0. The van der Waals surface area contributed by atoms with E-state index in [-0.39, 0.29) is 24.4 Å². The van der Waals surface area contributed by atoms with Crippen molar-refractivity contribution in [3.05, 3.63) is 0 Å². The average Bonchev–Trinajstić information content (AvgIpc) is 2.57. The van der Waals surface area contributed by atoms with E-state index in [0.29, 0.717) is 11.8 Å². The Morgan fingerprint density at radius 2 is 0.833 bits per heavy atom. The fraction of sp³-hybridized carbons (Fsp3) is 1.00. The van der Waals surface area contributed by atoms with E-state index in [2.05, 4.69) is 13.8 Å². The van der Waals surface area contributed by atoms with Gasteiger partial charge in [-0.1, -0.05) is 39.5 Å². The van der Waals surface area contributed by atoms with Gasteiger partial charge in [-0.2, -0.15) is 0 Å². The normalized spacial score (nSPS) is 57.2. The summed E-state index contributed by atoms with van der Waals surface area (Å²) >= 11 is 0. The predicted octanol–water partition coefficient (Wildman–Crippen LogP) is 4.16. The molecule has 0 aromatic rings. The van der Waals surface area contributed by atoms with E-state index < -0.39 is 11.6 Å². The van der Waals surface area contributed by atoms with E-state index in [1.807, 2.05) is 0 Å². The molecule has 3 saturated carbocycles. The lowest BCUT2D eigenvalue weighted by Gasteiger charge is -2.65. The van der Waals surface area contributed by atoms with Crippen molar-refractivity contribution < 1.29 is 18.9 Å². The molecule has 0 amide bonds. The first-order valence-electron chi connectivity index (χ1n) is 10.3. The molecule has 0 radical (unpaired) electrons. The van der Waals surface area contributed by atoms with Gasteiger partial charge < -0.3 is 18.9 Å². The molecule has 2 saturated heterocycles. The Kier molecular flexibility index (Phi) is 3.79. The van der Waals surface area contributed by atoms with Gasteiger partial charge in [-0.05, 0) is 37.5 Å². The Morgan fingerprint density at radius 1 is 0.542 bits per heavy atom. The van der Waals surface area contributed by atoms with Crippen LogP contribution in [0, 0.1) is 11.8 Å². The lowest BCUT2D eigenvalue weighted by molar-refractivity contribution is -0.530. The molecule has 0 unspecified atom stereocenters. The van der Waals surface area contributed by atoms with Crippen molar-refractivity contribution in [3.63, 3.8) is 0 Å². The second-order valence-electron chi connectivity index (χ2n) is 9.06. The Balaban J connectivity index is 1.52. The number of fused-ring (bicyclic) bond motifs is 2. The summed E-state index contributed by atoms with van der Waals surface area (Å²) in [5.74, 6) is -0.192. The van der Waals surface area contributed by atoms with Crippen LogP contribution in [0.3, 0.4) is 0 Å². The van der Waals surface area contributed by atoms with Gasteiger partial charge in [0.25, 0.3) is 0 Å². The van der Waals surface area contributed by atoms with Crippen LogP contribution >= 0.6 is 0 Å². The third-order valence-corrected chi connectivity index (χ3v) is 7.38. The molecule has 5 fully saturated rings. The maximum atomic E-state index is 6.77. The fourth-order valence-corrected chi connectivity index (χ4v) is 5.81. The topological polar surface area (TPSA) is 36.9 Å². The molecule has 2 heterocycles. The highest BCUT2D eigenvalue weighted by Gasteiger charge is 2.69. The van der Waals surface area contributed by atoms with E-state index in [4.69, 9.17) is 18.9 Å².